The van der Waals surface area contributed by atoms with Crippen LogP contribution in [0.5, 0.6) is 17.2 Å². The molecular weight excluding hydrogens is 282 g/mol. The highest BCUT2D eigenvalue weighted by atomic mass is 35.5. The quantitative estimate of drug-likeness (QED) is 0.918. The molecule has 0 saturated carbocycles. The lowest BCUT2D eigenvalue weighted by Crippen LogP contribution is -2.16. The lowest BCUT2D eigenvalue weighted by atomic mass is 10.0. The zero-order valence-electron chi connectivity index (χ0n) is 11.1. The second kappa shape index (κ2) is 4.79. The van der Waals surface area contributed by atoms with Crippen LogP contribution >= 0.6 is 11.6 Å². The molecule has 106 valence electrons. The van der Waals surface area contributed by atoms with Crippen LogP contribution in [-0.2, 0) is 7.05 Å². The Morgan fingerprint density at radius 1 is 1.40 bits per heavy atom. The summed E-state index contributed by atoms with van der Waals surface area (Å²) in [6.45, 7) is 0.947. The number of halogens is 1. The molecule has 2 N–H and O–H groups in total. The molecule has 0 radical (unpaired) electrons. The largest absolute Gasteiger partial charge is 0.494 e. The number of nitrogens with two attached hydrogens (primary N) is 1. The number of ether oxygens (including phenoxy) is 3. The molecule has 1 aliphatic rings. The highest BCUT2D eigenvalue weighted by Crippen LogP contribution is 2.50. The van der Waals surface area contributed by atoms with Gasteiger partial charge in [0.1, 0.15) is 24.8 Å². The van der Waals surface area contributed by atoms with Crippen molar-refractivity contribution in [2.45, 2.75) is 0 Å². The Kier molecular flexibility index (Phi) is 3.10. The van der Waals surface area contributed by atoms with E-state index in [1.165, 1.54) is 0 Å². The minimum atomic E-state index is 0.440. The lowest BCUT2D eigenvalue weighted by Gasteiger charge is -2.23. The average Bonchev–Trinajstić information content (AvgIpc) is 2.77. The fourth-order valence-electron chi connectivity index (χ4n) is 2.22. The van der Waals surface area contributed by atoms with Gasteiger partial charge in [-0.3, -0.25) is 4.68 Å². The standard InChI is InChI=1S/C13H14ClN3O3/c1-17-13(15)7(6-16-17)10-11(18-2)8(14)5-9-12(10)20-4-3-19-9/h5-6H,3-4,15H2,1-2H3. The monoisotopic (exact) mass is 295 g/mol. The fourth-order valence-corrected chi connectivity index (χ4v) is 2.49. The van der Waals surface area contributed by atoms with E-state index < -0.39 is 0 Å². The predicted molar refractivity (Wildman–Crippen MR) is 75.6 cm³/mol. The lowest BCUT2D eigenvalue weighted by molar-refractivity contribution is 0.172. The Morgan fingerprint density at radius 2 is 2.15 bits per heavy atom. The van der Waals surface area contributed by atoms with E-state index in [1.807, 2.05) is 0 Å². The van der Waals surface area contributed by atoms with Crippen molar-refractivity contribution in [3.05, 3.63) is 17.3 Å². The first kappa shape index (κ1) is 12.9. The molecule has 3 rings (SSSR count). The summed E-state index contributed by atoms with van der Waals surface area (Å²) in [5.74, 6) is 2.16. The van der Waals surface area contributed by atoms with E-state index in [0.29, 0.717) is 52.4 Å². The van der Waals surface area contributed by atoms with Crippen molar-refractivity contribution < 1.29 is 14.2 Å². The zero-order valence-corrected chi connectivity index (χ0v) is 11.9. The first-order valence-electron chi connectivity index (χ1n) is 6.07. The minimum Gasteiger partial charge on any atom is -0.494 e. The van der Waals surface area contributed by atoms with Gasteiger partial charge >= 0.3 is 0 Å². The van der Waals surface area contributed by atoms with E-state index in [2.05, 4.69) is 5.10 Å². The van der Waals surface area contributed by atoms with Gasteiger partial charge in [0.2, 0.25) is 0 Å². The molecule has 1 aromatic heterocycles. The number of aromatic nitrogens is 2. The Morgan fingerprint density at radius 3 is 2.80 bits per heavy atom. The third-order valence-corrected chi connectivity index (χ3v) is 3.48. The van der Waals surface area contributed by atoms with Gasteiger partial charge in [-0.05, 0) is 0 Å². The molecule has 0 unspecified atom stereocenters. The summed E-state index contributed by atoms with van der Waals surface area (Å²) < 4.78 is 18.3. The number of methoxy groups -OCH3 is 1. The Hall–Kier alpha value is -2.08. The zero-order chi connectivity index (χ0) is 14.3. The molecule has 0 amide bonds. The minimum absolute atomic E-state index is 0.440. The maximum Gasteiger partial charge on any atom is 0.173 e. The van der Waals surface area contributed by atoms with Gasteiger partial charge in [-0.1, -0.05) is 11.6 Å². The average molecular weight is 296 g/mol. The summed E-state index contributed by atoms with van der Waals surface area (Å²) in [5.41, 5.74) is 7.42. The van der Waals surface area contributed by atoms with Gasteiger partial charge in [-0.2, -0.15) is 5.10 Å². The second-order valence-corrected chi connectivity index (χ2v) is 4.77. The van der Waals surface area contributed by atoms with E-state index in [-0.39, 0.29) is 0 Å². The van der Waals surface area contributed by atoms with Crippen LogP contribution in [0, 0.1) is 0 Å². The van der Waals surface area contributed by atoms with Crippen molar-refractivity contribution in [3.63, 3.8) is 0 Å². The summed E-state index contributed by atoms with van der Waals surface area (Å²) >= 11 is 6.25. The van der Waals surface area contributed by atoms with Crippen LogP contribution in [0.1, 0.15) is 0 Å². The predicted octanol–water partition coefficient (Wildman–Crippen LogP) is 2.10. The van der Waals surface area contributed by atoms with Crippen molar-refractivity contribution in [2.24, 2.45) is 7.05 Å². The van der Waals surface area contributed by atoms with Gasteiger partial charge in [-0.25, -0.2) is 0 Å². The Balaban J connectivity index is 2.32. The number of hydrogen-bond acceptors (Lipinski definition) is 5. The molecule has 6 nitrogen and oxygen atoms in total. The van der Waals surface area contributed by atoms with E-state index in [9.17, 15) is 0 Å². The smallest absolute Gasteiger partial charge is 0.173 e. The van der Waals surface area contributed by atoms with Crippen molar-refractivity contribution in [2.75, 3.05) is 26.1 Å². The normalized spacial score (nSPS) is 13.3. The third kappa shape index (κ3) is 1.84. The first-order chi connectivity index (χ1) is 9.63. The van der Waals surface area contributed by atoms with E-state index in [1.54, 1.807) is 31.1 Å². The molecule has 0 atom stereocenters. The highest BCUT2D eigenvalue weighted by Gasteiger charge is 2.26. The van der Waals surface area contributed by atoms with Crippen LogP contribution in [0.2, 0.25) is 5.02 Å². The summed E-state index contributed by atoms with van der Waals surface area (Å²) in [6.07, 6.45) is 1.65. The molecule has 0 bridgehead atoms. The van der Waals surface area contributed by atoms with Crippen LogP contribution in [0.4, 0.5) is 5.82 Å². The molecular formula is C13H14ClN3O3. The van der Waals surface area contributed by atoms with Gasteiger partial charge in [0.15, 0.2) is 11.5 Å². The van der Waals surface area contributed by atoms with Crippen molar-refractivity contribution in [1.82, 2.24) is 9.78 Å². The molecule has 2 aromatic rings. The fraction of sp³-hybridized carbons (Fsp3) is 0.308. The van der Waals surface area contributed by atoms with Gasteiger partial charge in [0, 0.05) is 13.1 Å². The number of anilines is 1. The van der Waals surface area contributed by atoms with Crippen LogP contribution in [0.15, 0.2) is 12.3 Å². The molecule has 0 aliphatic carbocycles. The van der Waals surface area contributed by atoms with Crippen LogP contribution in [-0.4, -0.2) is 30.1 Å². The summed E-state index contributed by atoms with van der Waals surface area (Å²) in [4.78, 5) is 0. The maximum absolute atomic E-state index is 6.25. The SMILES string of the molecule is COc1c(Cl)cc2c(c1-c1cnn(C)c1N)OCCO2. The Bertz CT molecular complexity index is 669. The summed E-state index contributed by atoms with van der Waals surface area (Å²) in [6, 6.07) is 1.69. The first-order valence-corrected chi connectivity index (χ1v) is 6.45. The second-order valence-electron chi connectivity index (χ2n) is 4.36. The number of hydrogen-bond donors (Lipinski definition) is 1. The number of rotatable bonds is 2. The molecule has 7 heteroatoms. The van der Waals surface area contributed by atoms with Crippen molar-refractivity contribution in [1.29, 1.82) is 0 Å². The molecule has 0 fully saturated rings. The number of nitrogen functional groups attached to an aromatic ring is 1. The topological polar surface area (TPSA) is 71.5 Å². The highest BCUT2D eigenvalue weighted by molar-refractivity contribution is 6.33. The van der Waals surface area contributed by atoms with E-state index >= 15 is 0 Å². The molecule has 1 aromatic carbocycles. The van der Waals surface area contributed by atoms with Gasteiger partial charge in [-0.15, -0.1) is 0 Å². The summed E-state index contributed by atoms with van der Waals surface area (Å²) in [7, 11) is 3.31. The van der Waals surface area contributed by atoms with E-state index in [4.69, 9.17) is 31.5 Å². The molecule has 0 spiro atoms. The number of fused-ring (bicyclic) bond motifs is 1. The van der Waals surface area contributed by atoms with Crippen LogP contribution < -0.4 is 19.9 Å². The van der Waals surface area contributed by atoms with Gasteiger partial charge < -0.3 is 19.9 Å². The van der Waals surface area contributed by atoms with Gasteiger partial charge in [0.25, 0.3) is 0 Å². The maximum atomic E-state index is 6.25. The third-order valence-electron chi connectivity index (χ3n) is 3.20. The number of nitrogens with zero attached hydrogens (tertiary/aromatic N) is 2. The van der Waals surface area contributed by atoms with Crippen LogP contribution in [0.3, 0.4) is 0 Å². The summed E-state index contributed by atoms with van der Waals surface area (Å²) in [5, 5.41) is 4.58. The van der Waals surface area contributed by atoms with Crippen molar-refractivity contribution >= 4 is 17.4 Å². The van der Waals surface area contributed by atoms with Gasteiger partial charge in [0.05, 0.1) is 29.5 Å². The van der Waals surface area contributed by atoms with Crippen molar-refractivity contribution in [3.8, 4) is 28.4 Å². The molecule has 20 heavy (non-hydrogen) atoms. The van der Waals surface area contributed by atoms with Crippen LogP contribution in [0.25, 0.3) is 11.1 Å². The Labute approximate surface area is 121 Å². The van der Waals surface area contributed by atoms with E-state index in [0.717, 1.165) is 0 Å². The molecule has 1 aliphatic heterocycles. The number of benzene rings is 1. The molecule has 2 heterocycles. The molecule has 0 saturated heterocycles. The number of aryl methyl sites for hydroxylation is 1.